The van der Waals surface area contributed by atoms with E-state index < -0.39 is 0 Å². The number of aryl methyl sites for hydroxylation is 2. The molecule has 0 aromatic carbocycles. The number of nitrogens with zero attached hydrogens (tertiary/aromatic N) is 3. The van der Waals surface area contributed by atoms with Crippen molar-refractivity contribution in [3.8, 4) is 0 Å². The fourth-order valence-electron chi connectivity index (χ4n) is 3.31. The van der Waals surface area contributed by atoms with Crippen molar-refractivity contribution in [3.05, 3.63) is 41.5 Å². The van der Waals surface area contributed by atoms with Gasteiger partial charge < -0.3 is 19.5 Å². The Kier molecular flexibility index (Phi) is 6.33. The molecule has 3 rings (SSSR count). The number of oxazole rings is 1. The van der Waals surface area contributed by atoms with E-state index in [1.54, 1.807) is 13.3 Å². The predicted octanol–water partition coefficient (Wildman–Crippen LogP) is 2.78. The van der Waals surface area contributed by atoms with Crippen LogP contribution in [0.5, 0.6) is 0 Å². The molecule has 0 bridgehead atoms. The summed E-state index contributed by atoms with van der Waals surface area (Å²) in [4.78, 5) is 11.2. The van der Waals surface area contributed by atoms with Gasteiger partial charge in [0.15, 0.2) is 5.96 Å². The van der Waals surface area contributed by atoms with Gasteiger partial charge in [0, 0.05) is 13.6 Å². The van der Waals surface area contributed by atoms with Crippen LogP contribution in [0.3, 0.4) is 0 Å². The van der Waals surface area contributed by atoms with Crippen LogP contribution in [-0.4, -0.2) is 42.5 Å². The van der Waals surface area contributed by atoms with Crippen molar-refractivity contribution in [2.24, 2.45) is 4.99 Å². The molecule has 1 atom stereocenters. The monoisotopic (exact) mass is 359 g/mol. The first-order chi connectivity index (χ1) is 12.7. The molecule has 1 fully saturated rings. The summed E-state index contributed by atoms with van der Waals surface area (Å²) < 4.78 is 11.3. The first-order valence-corrected chi connectivity index (χ1v) is 9.32. The Balaban J connectivity index is 1.57. The lowest BCUT2D eigenvalue weighted by Crippen LogP contribution is -2.44. The van der Waals surface area contributed by atoms with Gasteiger partial charge in [-0.2, -0.15) is 0 Å². The van der Waals surface area contributed by atoms with E-state index in [1.165, 1.54) is 19.3 Å². The van der Waals surface area contributed by atoms with Crippen molar-refractivity contribution in [2.45, 2.75) is 45.7 Å². The van der Waals surface area contributed by atoms with Crippen molar-refractivity contribution in [2.75, 3.05) is 26.7 Å². The number of piperidine rings is 1. The van der Waals surface area contributed by atoms with Crippen molar-refractivity contribution in [1.82, 2.24) is 20.5 Å². The second kappa shape index (κ2) is 8.89. The molecule has 0 amide bonds. The second-order valence-corrected chi connectivity index (χ2v) is 6.68. The molecular formula is C19H29N5O2. The Morgan fingerprint density at radius 3 is 2.69 bits per heavy atom. The summed E-state index contributed by atoms with van der Waals surface area (Å²) in [5, 5.41) is 6.68. The Morgan fingerprint density at radius 2 is 2.08 bits per heavy atom. The average molecular weight is 359 g/mol. The largest absolute Gasteiger partial charge is 0.468 e. The minimum absolute atomic E-state index is 0.204. The highest BCUT2D eigenvalue weighted by Crippen LogP contribution is 2.24. The van der Waals surface area contributed by atoms with Crippen molar-refractivity contribution in [1.29, 1.82) is 0 Å². The van der Waals surface area contributed by atoms with Gasteiger partial charge in [-0.1, -0.05) is 6.42 Å². The molecule has 2 aromatic rings. The molecule has 7 nitrogen and oxygen atoms in total. The van der Waals surface area contributed by atoms with Crippen LogP contribution >= 0.6 is 0 Å². The molecule has 1 unspecified atom stereocenters. The van der Waals surface area contributed by atoms with Crippen LogP contribution in [0.4, 0.5) is 0 Å². The number of hydrogen-bond acceptors (Lipinski definition) is 5. The van der Waals surface area contributed by atoms with Crippen LogP contribution < -0.4 is 10.6 Å². The Bertz CT molecular complexity index is 682. The molecule has 142 valence electrons. The van der Waals surface area contributed by atoms with Gasteiger partial charge in [0.1, 0.15) is 11.5 Å². The van der Waals surface area contributed by atoms with Gasteiger partial charge in [0.2, 0.25) is 5.89 Å². The Morgan fingerprint density at radius 1 is 1.27 bits per heavy atom. The van der Waals surface area contributed by atoms with Gasteiger partial charge in [0.25, 0.3) is 0 Å². The number of likely N-dealkylation sites (tertiary alicyclic amines) is 1. The fraction of sp³-hybridized carbons (Fsp3) is 0.579. The molecule has 26 heavy (non-hydrogen) atoms. The molecule has 7 heteroatoms. The summed E-state index contributed by atoms with van der Waals surface area (Å²) in [5.41, 5.74) is 0.924. The van der Waals surface area contributed by atoms with Crippen LogP contribution in [0.2, 0.25) is 0 Å². The van der Waals surface area contributed by atoms with E-state index in [-0.39, 0.29) is 6.04 Å². The summed E-state index contributed by atoms with van der Waals surface area (Å²) in [7, 11) is 1.77. The van der Waals surface area contributed by atoms with Crippen LogP contribution in [0.1, 0.15) is 48.4 Å². The molecule has 1 saturated heterocycles. The van der Waals surface area contributed by atoms with Crippen LogP contribution in [0.25, 0.3) is 0 Å². The molecule has 0 aliphatic carbocycles. The van der Waals surface area contributed by atoms with Gasteiger partial charge in [-0.3, -0.25) is 9.89 Å². The maximum Gasteiger partial charge on any atom is 0.214 e. The molecule has 1 aliphatic heterocycles. The quantitative estimate of drug-likeness (QED) is 0.610. The standard InChI is InChI=1S/C19H29N5O2/c1-14-15(2)26-18(23-14)13-22-19(20-3)21-12-16(17-8-7-11-25-17)24-9-5-4-6-10-24/h7-8,11,16H,4-6,9-10,12-13H2,1-3H3,(H2,20,21,22). The summed E-state index contributed by atoms with van der Waals surface area (Å²) in [5.74, 6) is 3.25. The van der Waals surface area contributed by atoms with E-state index >= 15 is 0 Å². The maximum absolute atomic E-state index is 5.69. The molecule has 1 aliphatic rings. The zero-order valence-electron chi connectivity index (χ0n) is 15.9. The molecule has 2 N–H and O–H groups in total. The lowest BCUT2D eigenvalue weighted by atomic mass is 10.1. The van der Waals surface area contributed by atoms with Crippen molar-refractivity contribution in [3.63, 3.8) is 0 Å². The fourth-order valence-corrected chi connectivity index (χ4v) is 3.31. The highest BCUT2D eigenvalue weighted by atomic mass is 16.4. The Hall–Kier alpha value is -2.28. The molecule has 2 aromatic heterocycles. The highest BCUT2D eigenvalue weighted by Gasteiger charge is 2.24. The third-order valence-corrected chi connectivity index (χ3v) is 4.87. The van der Waals surface area contributed by atoms with E-state index in [0.717, 1.165) is 42.8 Å². The highest BCUT2D eigenvalue weighted by molar-refractivity contribution is 5.79. The van der Waals surface area contributed by atoms with E-state index in [0.29, 0.717) is 12.4 Å². The molecule has 0 radical (unpaired) electrons. The third-order valence-electron chi connectivity index (χ3n) is 4.87. The van der Waals surface area contributed by atoms with E-state index in [2.05, 4.69) is 31.6 Å². The lowest BCUT2D eigenvalue weighted by molar-refractivity contribution is 0.146. The van der Waals surface area contributed by atoms with Crippen molar-refractivity contribution < 1.29 is 8.83 Å². The molecular weight excluding hydrogens is 330 g/mol. The van der Waals surface area contributed by atoms with Crippen LogP contribution in [-0.2, 0) is 6.54 Å². The molecule has 3 heterocycles. The minimum atomic E-state index is 0.204. The van der Waals surface area contributed by atoms with Gasteiger partial charge >= 0.3 is 0 Å². The molecule has 0 spiro atoms. The Labute approximate surface area is 154 Å². The third kappa shape index (κ3) is 4.66. The van der Waals surface area contributed by atoms with E-state index in [1.807, 2.05) is 19.9 Å². The first-order valence-electron chi connectivity index (χ1n) is 9.32. The number of nitrogens with one attached hydrogen (secondary N) is 2. The zero-order valence-corrected chi connectivity index (χ0v) is 15.9. The first kappa shape index (κ1) is 18.5. The minimum Gasteiger partial charge on any atom is -0.468 e. The normalized spacial score (nSPS) is 17.3. The number of aromatic nitrogens is 1. The van der Waals surface area contributed by atoms with Crippen LogP contribution in [0, 0.1) is 13.8 Å². The van der Waals surface area contributed by atoms with Gasteiger partial charge in [-0.15, -0.1) is 0 Å². The summed E-state index contributed by atoms with van der Waals surface area (Å²) in [6.07, 6.45) is 5.54. The number of rotatable bonds is 6. The SMILES string of the molecule is CN=C(NCc1nc(C)c(C)o1)NCC(c1ccco1)N1CCCCC1. The number of hydrogen-bond donors (Lipinski definition) is 2. The van der Waals surface area contributed by atoms with Crippen LogP contribution in [0.15, 0.2) is 32.2 Å². The summed E-state index contributed by atoms with van der Waals surface area (Å²) in [6.45, 7) is 7.32. The zero-order chi connectivity index (χ0) is 18.4. The van der Waals surface area contributed by atoms with Gasteiger partial charge in [-0.25, -0.2) is 4.98 Å². The number of guanidine groups is 1. The summed E-state index contributed by atoms with van der Waals surface area (Å²) in [6, 6.07) is 4.21. The second-order valence-electron chi connectivity index (χ2n) is 6.68. The maximum atomic E-state index is 5.69. The summed E-state index contributed by atoms with van der Waals surface area (Å²) >= 11 is 0. The predicted molar refractivity (Wildman–Crippen MR) is 101 cm³/mol. The van der Waals surface area contributed by atoms with Gasteiger partial charge in [-0.05, 0) is 51.9 Å². The van der Waals surface area contributed by atoms with E-state index in [4.69, 9.17) is 8.83 Å². The lowest BCUT2D eigenvalue weighted by Gasteiger charge is -2.33. The van der Waals surface area contributed by atoms with Gasteiger partial charge in [0.05, 0.1) is 24.5 Å². The number of aliphatic imine (C=N–C) groups is 1. The van der Waals surface area contributed by atoms with Crippen molar-refractivity contribution >= 4 is 5.96 Å². The van der Waals surface area contributed by atoms with E-state index in [9.17, 15) is 0 Å². The topological polar surface area (TPSA) is 78.8 Å². The number of furan rings is 1. The smallest absolute Gasteiger partial charge is 0.214 e. The molecule has 0 saturated carbocycles. The average Bonchev–Trinajstić information content (AvgIpc) is 3.29.